The van der Waals surface area contributed by atoms with E-state index in [1.54, 1.807) is 30.3 Å². The first-order valence-electron chi connectivity index (χ1n) is 11.1. The summed E-state index contributed by atoms with van der Waals surface area (Å²) in [5.74, 6) is 0.877. The molecule has 174 valence electrons. The summed E-state index contributed by atoms with van der Waals surface area (Å²) in [6.07, 6.45) is 0. The zero-order valence-corrected chi connectivity index (χ0v) is 20.3. The van der Waals surface area contributed by atoms with Crippen molar-refractivity contribution >= 4 is 51.5 Å². The van der Waals surface area contributed by atoms with Crippen molar-refractivity contribution in [1.29, 1.82) is 0 Å². The maximum atomic E-state index is 12.7. The van der Waals surface area contributed by atoms with E-state index in [0.29, 0.717) is 35.1 Å². The molecule has 0 radical (unpaired) electrons. The van der Waals surface area contributed by atoms with Crippen molar-refractivity contribution in [2.75, 3.05) is 31.5 Å². The molecule has 2 aromatic carbocycles. The number of carbonyl (C=O) groups excluding carboxylic acids is 2. The lowest BCUT2D eigenvalue weighted by molar-refractivity contribution is 0.0624. The number of nitrogens with zero attached hydrogens (tertiary/aromatic N) is 4. The van der Waals surface area contributed by atoms with Crippen molar-refractivity contribution in [2.24, 2.45) is 7.05 Å². The van der Waals surface area contributed by atoms with Gasteiger partial charge in [-0.2, -0.15) is 0 Å². The molecule has 1 N–H and O–H groups in total. The molecule has 1 fully saturated rings. The average molecular weight is 494 g/mol. The molecule has 4 aromatic rings. The van der Waals surface area contributed by atoms with Crippen LogP contribution in [0.15, 0.2) is 60.0 Å². The highest BCUT2D eigenvalue weighted by Gasteiger charge is 2.23. The quantitative estimate of drug-likeness (QED) is 0.444. The van der Waals surface area contributed by atoms with Gasteiger partial charge in [0.05, 0.1) is 22.5 Å². The number of thiophene rings is 1. The smallest absolute Gasteiger partial charge is 0.265 e. The van der Waals surface area contributed by atoms with E-state index in [0.717, 1.165) is 35.6 Å². The molecule has 34 heavy (non-hydrogen) atoms. The van der Waals surface area contributed by atoms with E-state index in [1.165, 1.54) is 11.3 Å². The molecular weight excluding hydrogens is 470 g/mol. The van der Waals surface area contributed by atoms with Crippen LogP contribution in [0.2, 0.25) is 5.02 Å². The van der Waals surface area contributed by atoms with Crippen LogP contribution in [0.3, 0.4) is 0 Å². The highest BCUT2D eigenvalue weighted by molar-refractivity contribution is 7.12. The second kappa shape index (κ2) is 9.58. The Morgan fingerprint density at radius 1 is 1.06 bits per heavy atom. The van der Waals surface area contributed by atoms with Crippen molar-refractivity contribution in [3.05, 3.63) is 81.3 Å². The number of anilines is 1. The molecule has 0 atom stereocenters. The highest BCUT2D eigenvalue weighted by Crippen LogP contribution is 2.22. The van der Waals surface area contributed by atoms with Crippen LogP contribution in [0, 0.1) is 0 Å². The van der Waals surface area contributed by atoms with Crippen molar-refractivity contribution in [3.8, 4) is 0 Å². The van der Waals surface area contributed by atoms with Gasteiger partial charge in [0, 0.05) is 49.5 Å². The predicted octanol–water partition coefficient (Wildman–Crippen LogP) is 4.50. The Balaban J connectivity index is 1.22. The molecule has 1 saturated heterocycles. The molecule has 1 aliphatic heterocycles. The monoisotopic (exact) mass is 493 g/mol. The van der Waals surface area contributed by atoms with Gasteiger partial charge in [-0.15, -0.1) is 11.3 Å². The second-order valence-corrected chi connectivity index (χ2v) is 9.68. The number of fused-ring (bicyclic) bond motifs is 1. The Bertz CT molecular complexity index is 1330. The van der Waals surface area contributed by atoms with Crippen LogP contribution in [0.4, 0.5) is 5.69 Å². The van der Waals surface area contributed by atoms with Gasteiger partial charge in [-0.3, -0.25) is 14.5 Å². The van der Waals surface area contributed by atoms with Crippen molar-refractivity contribution in [3.63, 3.8) is 0 Å². The third kappa shape index (κ3) is 4.70. The van der Waals surface area contributed by atoms with E-state index in [4.69, 9.17) is 16.6 Å². The molecule has 0 unspecified atom stereocenters. The summed E-state index contributed by atoms with van der Waals surface area (Å²) in [5.41, 5.74) is 3.25. The lowest BCUT2D eigenvalue weighted by atomic mass is 10.2. The molecule has 0 bridgehead atoms. The standard InChI is InChI=1S/C25H24ClN5O2S/c1-29-21-9-8-19(27-24(32)22-3-2-14-34-22)15-20(21)28-23(29)16-30-10-12-31(13-11-30)25(33)17-4-6-18(26)7-5-17/h2-9,14-15H,10-13,16H2,1H3,(H,27,32). The number of aryl methyl sites for hydroxylation is 1. The number of imidazole rings is 1. The average Bonchev–Trinajstić information content (AvgIpc) is 3.49. The number of halogens is 1. The largest absolute Gasteiger partial charge is 0.336 e. The van der Waals surface area contributed by atoms with Crippen LogP contribution >= 0.6 is 22.9 Å². The van der Waals surface area contributed by atoms with Gasteiger partial charge in [0.1, 0.15) is 5.82 Å². The van der Waals surface area contributed by atoms with Crippen molar-refractivity contribution < 1.29 is 9.59 Å². The Kier molecular flexibility index (Phi) is 6.36. The van der Waals surface area contributed by atoms with Crippen LogP contribution in [0.25, 0.3) is 11.0 Å². The van der Waals surface area contributed by atoms with E-state index in [9.17, 15) is 9.59 Å². The minimum absolute atomic E-state index is 0.0381. The zero-order valence-electron chi connectivity index (χ0n) is 18.7. The Labute approximate surface area is 206 Å². The summed E-state index contributed by atoms with van der Waals surface area (Å²) in [6, 6.07) is 16.5. The van der Waals surface area contributed by atoms with Crippen LogP contribution in [0.1, 0.15) is 25.9 Å². The van der Waals surface area contributed by atoms with Gasteiger partial charge in [-0.05, 0) is 53.9 Å². The summed E-state index contributed by atoms with van der Waals surface area (Å²) in [4.78, 5) is 34.8. The van der Waals surface area contributed by atoms with Crippen LogP contribution in [-0.4, -0.2) is 57.3 Å². The summed E-state index contributed by atoms with van der Waals surface area (Å²) in [7, 11) is 2.01. The molecular formula is C25H24ClN5O2S. The highest BCUT2D eigenvalue weighted by atomic mass is 35.5. The fraction of sp³-hybridized carbons (Fsp3) is 0.240. The van der Waals surface area contributed by atoms with Gasteiger partial charge in [-0.25, -0.2) is 4.98 Å². The number of amides is 2. The summed E-state index contributed by atoms with van der Waals surface area (Å²) in [6.45, 7) is 3.61. The third-order valence-corrected chi connectivity index (χ3v) is 7.21. The lowest BCUT2D eigenvalue weighted by Crippen LogP contribution is -2.48. The van der Waals surface area contributed by atoms with Gasteiger partial charge in [0.15, 0.2) is 0 Å². The van der Waals surface area contributed by atoms with Gasteiger partial charge in [0.2, 0.25) is 0 Å². The molecule has 9 heteroatoms. The number of hydrogen-bond donors (Lipinski definition) is 1. The van der Waals surface area contributed by atoms with E-state index < -0.39 is 0 Å². The Morgan fingerprint density at radius 2 is 1.82 bits per heavy atom. The maximum absolute atomic E-state index is 12.7. The number of benzene rings is 2. The maximum Gasteiger partial charge on any atom is 0.265 e. The zero-order chi connectivity index (χ0) is 23.7. The first-order valence-corrected chi connectivity index (χ1v) is 12.3. The molecule has 0 spiro atoms. The number of piperazine rings is 1. The van der Waals surface area contributed by atoms with Gasteiger partial charge >= 0.3 is 0 Å². The molecule has 7 nitrogen and oxygen atoms in total. The predicted molar refractivity (Wildman–Crippen MR) is 136 cm³/mol. The van der Waals surface area contributed by atoms with Crippen LogP contribution < -0.4 is 5.32 Å². The molecule has 5 rings (SSSR count). The lowest BCUT2D eigenvalue weighted by Gasteiger charge is -2.34. The summed E-state index contributed by atoms with van der Waals surface area (Å²) >= 11 is 7.35. The fourth-order valence-electron chi connectivity index (χ4n) is 4.15. The molecule has 0 aliphatic carbocycles. The second-order valence-electron chi connectivity index (χ2n) is 8.30. The van der Waals surface area contributed by atoms with Gasteiger partial charge < -0.3 is 14.8 Å². The number of carbonyl (C=O) groups is 2. The third-order valence-electron chi connectivity index (χ3n) is 6.09. The van der Waals surface area contributed by atoms with Gasteiger partial charge in [0.25, 0.3) is 11.8 Å². The minimum atomic E-state index is -0.114. The Morgan fingerprint density at radius 3 is 2.53 bits per heavy atom. The minimum Gasteiger partial charge on any atom is -0.336 e. The topological polar surface area (TPSA) is 70.5 Å². The normalized spacial score (nSPS) is 14.5. The van der Waals surface area contributed by atoms with E-state index in [1.807, 2.05) is 41.6 Å². The number of hydrogen-bond acceptors (Lipinski definition) is 5. The van der Waals surface area contributed by atoms with E-state index >= 15 is 0 Å². The SMILES string of the molecule is Cn1c(CN2CCN(C(=O)c3ccc(Cl)cc3)CC2)nc2cc(NC(=O)c3cccs3)ccc21. The molecule has 1 aliphatic rings. The first kappa shape index (κ1) is 22.6. The Hall–Kier alpha value is -3.20. The summed E-state index contributed by atoms with van der Waals surface area (Å²) < 4.78 is 2.09. The van der Waals surface area contributed by atoms with Crippen molar-refractivity contribution in [2.45, 2.75) is 6.54 Å². The number of nitrogens with one attached hydrogen (secondary N) is 1. The van der Waals surface area contributed by atoms with Gasteiger partial charge in [-0.1, -0.05) is 17.7 Å². The molecule has 0 saturated carbocycles. The molecule has 3 heterocycles. The van der Waals surface area contributed by atoms with E-state index in [2.05, 4.69) is 14.8 Å². The fourth-order valence-corrected chi connectivity index (χ4v) is 4.90. The first-order chi connectivity index (χ1) is 16.5. The van der Waals surface area contributed by atoms with E-state index in [-0.39, 0.29) is 11.8 Å². The number of rotatable bonds is 5. The van der Waals surface area contributed by atoms with Crippen molar-refractivity contribution in [1.82, 2.24) is 19.4 Å². The summed E-state index contributed by atoms with van der Waals surface area (Å²) in [5, 5.41) is 5.46. The molecule has 2 aromatic heterocycles. The molecule has 2 amide bonds. The number of aromatic nitrogens is 2. The van der Waals surface area contributed by atoms with Crippen LogP contribution in [-0.2, 0) is 13.6 Å². The van der Waals surface area contributed by atoms with Crippen LogP contribution in [0.5, 0.6) is 0 Å².